The first-order chi connectivity index (χ1) is 3.56. The van der Waals surface area contributed by atoms with E-state index >= 15 is 0 Å². The van der Waals surface area contributed by atoms with E-state index in [2.05, 4.69) is 5.48 Å². The van der Waals surface area contributed by atoms with Gasteiger partial charge in [-0.15, -0.1) is 0 Å². The van der Waals surface area contributed by atoms with E-state index < -0.39 is 0 Å². The standard InChI is InChI=1S/C5H14N2O/c1-5(2,3)8-7-4-6/h7H,4,6H2,1-3H3. The van der Waals surface area contributed by atoms with Gasteiger partial charge in [0.05, 0.1) is 12.3 Å². The summed E-state index contributed by atoms with van der Waals surface area (Å²) < 4.78 is 0. The molecule has 0 aromatic rings. The van der Waals surface area contributed by atoms with Gasteiger partial charge in [0, 0.05) is 0 Å². The highest BCUT2D eigenvalue weighted by molar-refractivity contribution is 4.55. The van der Waals surface area contributed by atoms with E-state index in [1.54, 1.807) is 0 Å². The van der Waals surface area contributed by atoms with Crippen LogP contribution in [0.1, 0.15) is 20.8 Å². The van der Waals surface area contributed by atoms with Gasteiger partial charge < -0.3 is 5.73 Å². The normalized spacial score (nSPS) is 12.0. The minimum absolute atomic E-state index is 0.140. The molecule has 0 unspecified atom stereocenters. The Hall–Kier alpha value is -0.120. The summed E-state index contributed by atoms with van der Waals surface area (Å²) in [6.45, 7) is 6.22. The van der Waals surface area contributed by atoms with Crippen molar-refractivity contribution >= 4 is 0 Å². The lowest BCUT2D eigenvalue weighted by atomic mass is 10.2. The van der Waals surface area contributed by atoms with Crippen LogP contribution in [-0.4, -0.2) is 12.3 Å². The van der Waals surface area contributed by atoms with Gasteiger partial charge in [-0.25, -0.2) is 0 Å². The molecule has 0 aliphatic carbocycles. The molecule has 3 heteroatoms. The highest BCUT2D eigenvalue weighted by Gasteiger charge is 2.08. The summed E-state index contributed by atoms with van der Waals surface area (Å²) in [7, 11) is 0. The van der Waals surface area contributed by atoms with E-state index in [1.165, 1.54) is 0 Å². The SMILES string of the molecule is CC(C)(C)ONCN. The highest BCUT2D eigenvalue weighted by Crippen LogP contribution is 2.02. The summed E-state index contributed by atoms with van der Waals surface area (Å²) in [6.07, 6.45) is 0. The average molecular weight is 118 g/mol. The third kappa shape index (κ3) is 5.88. The van der Waals surface area contributed by atoms with Crippen LogP contribution in [0.3, 0.4) is 0 Å². The van der Waals surface area contributed by atoms with Gasteiger partial charge in [-0.3, -0.25) is 4.84 Å². The largest absolute Gasteiger partial charge is 0.317 e. The molecule has 0 saturated carbocycles. The molecule has 0 rings (SSSR count). The molecule has 0 fully saturated rings. The van der Waals surface area contributed by atoms with Crippen LogP contribution in [0.15, 0.2) is 0 Å². The number of hydrogen-bond donors (Lipinski definition) is 2. The van der Waals surface area contributed by atoms with Crippen molar-refractivity contribution < 1.29 is 4.84 Å². The van der Waals surface area contributed by atoms with Gasteiger partial charge in [0.15, 0.2) is 0 Å². The summed E-state index contributed by atoms with van der Waals surface area (Å²) >= 11 is 0. The fraction of sp³-hybridized carbons (Fsp3) is 1.00. The molecule has 3 nitrogen and oxygen atoms in total. The third-order valence-electron chi connectivity index (χ3n) is 0.462. The van der Waals surface area contributed by atoms with Crippen LogP contribution < -0.4 is 11.2 Å². The molecule has 0 bridgehead atoms. The molecule has 0 radical (unpaired) electrons. The first kappa shape index (κ1) is 7.88. The summed E-state index contributed by atoms with van der Waals surface area (Å²) in [5.74, 6) is 0. The quantitative estimate of drug-likeness (QED) is 0.403. The summed E-state index contributed by atoms with van der Waals surface area (Å²) in [5, 5.41) is 0. The first-order valence-electron chi connectivity index (χ1n) is 2.67. The second-order valence-corrected chi connectivity index (χ2v) is 2.56. The summed E-state index contributed by atoms with van der Waals surface area (Å²) in [5.41, 5.74) is 7.53. The second-order valence-electron chi connectivity index (χ2n) is 2.56. The van der Waals surface area contributed by atoms with E-state index in [9.17, 15) is 0 Å². The maximum Gasteiger partial charge on any atom is 0.0813 e. The van der Waals surface area contributed by atoms with Crippen molar-refractivity contribution in [1.82, 2.24) is 5.48 Å². The van der Waals surface area contributed by atoms with Crippen LogP contribution >= 0.6 is 0 Å². The van der Waals surface area contributed by atoms with Gasteiger partial charge in [-0.2, -0.15) is 5.48 Å². The Bertz CT molecular complexity index is 57.9. The zero-order chi connectivity index (χ0) is 6.62. The fourth-order valence-electron chi connectivity index (χ4n) is 0.258. The van der Waals surface area contributed by atoms with Crippen molar-refractivity contribution in [2.45, 2.75) is 26.4 Å². The van der Waals surface area contributed by atoms with Crippen LogP contribution in [0.5, 0.6) is 0 Å². The van der Waals surface area contributed by atoms with E-state index in [1.807, 2.05) is 20.8 Å². The molecule has 8 heavy (non-hydrogen) atoms. The van der Waals surface area contributed by atoms with E-state index in [0.717, 1.165) is 0 Å². The smallest absolute Gasteiger partial charge is 0.0813 e. The molecule has 0 atom stereocenters. The lowest BCUT2D eigenvalue weighted by Crippen LogP contribution is -2.32. The topological polar surface area (TPSA) is 47.3 Å². The minimum Gasteiger partial charge on any atom is -0.317 e. The van der Waals surface area contributed by atoms with Crippen LogP contribution in [0.4, 0.5) is 0 Å². The van der Waals surface area contributed by atoms with Gasteiger partial charge in [0.1, 0.15) is 0 Å². The third-order valence-corrected chi connectivity index (χ3v) is 0.462. The molecule has 0 aromatic heterocycles. The lowest BCUT2D eigenvalue weighted by molar-refractivity contribution is -0.0713. The molecule has 50 valence electrons. The Balaban J connectivity index is 3.11. The molecule has 0 aliphatic heterocycles. The Morgan fingerprint density at radius 3 is 2.12 bits per heavy atom. The van der Waals surface area contributed by atoms with E-state index in [4.69, 9.17) is 10.6 Å². The monoisotopic (exact) mass is 118 g/mol. The van der Waals surface area contributed by atoms with Crippen LogP contribution in [0, 0.1) is 0 Å². The van der Waals surface area contributed by atoms with Crippen molar-refractivity contribution in [1.29, 1.82) is 0 Å². The number of rotatable bonds is 2. The van der Waals surface area contributed by atoms with E-state index in [0.29, 0.717) is 6.67 Å². The fourth-order valence-corrected chi connectivity index (χ4v) is 0.258. The van der Waals surface area contributed by atoms with Crippen LogP contribution in [0.2, 0.25) is 0 Å². The Labute approximate surface area is 50.2 Å². The molecule has 3 N–H and O–H groups in total. The summed E-state index contributed by atoms with van der Waals surface area (Å²) in [6, 6.07) is 0. The Kier molecular flexibility index (Phi) is 2.97. The van der Waals surface area contributed by atoms with Gasteiger partial charge >= 0.3 is 0 Å². The van der Waals surface area contributed by atoms with Gasteiger partial charge in [-0.1, -0.05) is 0 Å². The van der Waals surface area contributed by atoms with Crippen molar-refractivity contribution in [2.24, 2.45) is 5.73 Å². The number of hydroxylamine groups is 1. The number of hydrogen-bond acceptors (Lipinski definition) is 3. The predicted octanol–water partition coefficient (Wildman–Crippen LogP) is 0.222. The molecule has 0 aromatic carbocycles. The lowest BCUT2D eigenvalue weighted by Gasteiger charge is -2.17. The van der Waals surface area contributed by atoms with Crippen molar-refractivity contribution in [3.8, 4) is 0 Å². The van der Waals surface area contributed by atoms with Crippen LogP contribution in [0.25, 0.3) is 0 Å². The molecule has 0 spiro atoms. The molecular weight excluding hydrogens is 104 g/mol. The molecule has 0 saturated heterocycles. The number of nitrogens with one attached hydrogen (secondary N) is 1. The molecular formula is C5H14N2O. The molecule has 0 heterocycles. The molecule has 0 aliphatic rings. The van der Waals surface area contributed by atoms with Crippen molar-refractivity contribution in [3.05, 3.63) is 0 Å². The van der Waals surface area contributed by atoms with Crippen molar-refractivity contribution in [3.63, 3.8) is 0 Å². The average Bonchev–Trinajstić information content (AvgIpc) is 1.59. The highest BCUT2D eigenvalue weighted by atomic mass is 16.7. The maximum atomic E-state index is 5.10. The number of nitrogens with two attached hydrogens (primary N) is 1. The second kappa shape index (κ2) is 3.02. The zero-order valence-corrected chi connectivity index (χ0v) is 5.69. The first-order valence-corrected chi connectivity index (χ1v) is 2.67. The van der Waals surface area contributed by atoms with Gasteiger partial charge in [-0.05, 0) is 20.8 Å². The molecule has 0 amide bonds. The van der Waals surface area contributed by atoms with Crippen LogP contribution in [-0.2, 0) is 4.84 Å². The maximum absolute atomic E-state index is 5.10. The van der Waals surface area contributed by atoms with Gasteiger partial charge in [0.25, 0.3) is 0 Å². The van der Waals surface area contributed by atoms with Crippen molar-refractivity contribution in [2.75, 3.05) is 6.67 Å². The Morgan fingerprint density at radius 1 is 1.50 bits per heavy atom. The Morgan fingerprint density at radius 2 is 2.00 bits per heavy atom. The predicted molar refractivity (Wildman–Crippen MR) is 33.0 cm³/mol. The zero-order valence-electron chi connectivity index (χ0n) is 5.69. The minimum atomic E-state index is -0.140. The summed E-state index contributed by atoms with van der Waals surface area (Å²) in [4.78, 5) is 5.00. The van der Waals surface area contributed by atoms with E-state index in [-0.39, 0.29) is 5.60 Å². The van der Waals surface area contributed by atoms with Gasteiger partial charge in [0.2, 0.25) is 0 Å².